The highest BCUT2D eigenvalue weighted by Gasteiger charge is 2.45. The van der Waals surface area contributed by atoms with Gasteiger partial charge in [0.15, 0.2) is 0 Å². The molecular formula is C26H32N2O4. The van der Waals surface area contributed by atoms with Crippen molar-refractivity contribution in [3.05, 3.63) is 71.3 Å². The van der Waals surface area contributed by atoms with E-state index in [4.69, 9.17) is 4.74 Å². The maximum absolute atomic E-state index is 13.1. The third kappa shape index (κ3) is 5.02. The summed E-state index contributed by atoms with van der Waals surface area (Å²) in [7, 11) is 0. The van der Waals surface area contributed by atoms with Crippen LogP contribution < -0.4 is 4.74 Å². The number of ether oxygens (including phenoxy) is 1. The minimum absolute atomic E-state index is 0.128. The summed E-state index contributed by atoms with van der Waals surface area (Å²) in [6, 6.07) is 15.7. The van der Waals surface area contributed by atoms with Gasteiger partial charge in [0, 0.05) is 18.7 Å². The number of hydrogen-bond donors (Lipinski definition) is 1. The zero-order valence-electron chi connectivity index (χ0n) is 19.1. The van der Waals surface area contributed by atoms with Crippen molar-refractivity contribution in [1.29, 1.82) is 0 Å². The van der Waals surface area contributed by atoms with Crippen molar-refractivity contribution in [2.45, 2.75) is 33.2 Å². The number of aliphatic hydroxyl groups excluding tert-OH is 1. The van der Waals surface area contributed by atoms with Gasteiger partial charge in [-0.1, -0.05) is 63.2 Å². The summed E-state index contributed by atoms with van der Waals surface area (Å²) >= 11 is 0. The van der Waals surface area contributed by atoms with Crippen molar-refractivity contribution in [1.82, 2.24) is 9.80 Å². The largest absolute Gasteiger partial charge is 0.507 e. The Kier molecular flexibility index (Phi) is 8.06. The lowest BCUT2D eigenvalue weighted by atomic mass is 9.95. The van der Waals surface area contributed by atoms with Gasteiger partial charge in [-0.05, 0) is 37.2 Å². The molecule has 0 spiro atoms. The molecule has 1 heterocycles. The smallest absolute Gasteiger partial charge is 0.295 e. The molecule has 1 aliphatic rings. The zero-order valence-corrected chi connectivity index (χ0v) is 19.1. The molecule has 32 heavy (non-hydrogen) atoms. The number of rotatable bonds is 10. The van der Waals surface area contributed by atoms with Crippen molar-refractivity contribution in [2.75, 3.05) is 32.8 Å². The molecule has 6 nitrogen and oxygen atoms in total. The minimum atomic E-state index is -0.651. The minimum Gasteiger partial charge on any atom is -0.507 e. The molecule has 1 amide bonds. The van der Waals surface area contributed by atoms with E-state index in [1.807, 2.05) is 37.3 Å². The van der Waals surface area contributed by atoms with Gasteiger partial charge in [-0.15, -0.1) is 0 Å². The van der Waals surface area contributed by atoms with E-state index in [1.54, 1.807) is 29.2 Å². The zero-order chi connectivity index (χ0) is 23.1. The molecule has 6 heteroatoms. The molecule has 0 aromatic heterocycles. The summed E-state index contributed by atoms with van der Waals surface area (Å²) in [5, 5.41) is 11.0. The Hall–Kier alpha value is -3.12. The van der Waals surface area contributed by atoms with E-state index in [0.29, 0.717) is 25.3 Å². The van der Waals surface area contributed by atoms with Gasteiger partial charge < -0.3 is 19.6 Å². The molecule has 1 fully saturated rings. The van der Waals surface area contributed by atoms with Crippen LogP contribution in [-0.2, 0) is 9.59 Å². The second kappa shape index (κ2) is 11.0. The highest BCUT2D eigenvalue weighted by molar-refractivity contribution is 6.46. The van der Waals surface area contributed by atoms with Crippen molar-refractivity contribution in [3.8, 4) is 5.75 Å². The van der Waals surface area contributed by atoms with Crippen LogP contribution >= 0.6 is 0 Å². The second-order valence-corrected chi connectivity index (χ2v) is 7.80. The highest BCUT2D eigenvalue weighted by atomic mass is 16.5. The van der Waals surface area contributed by atoms with Gasteiger partial charge in [0.2, 0.25) is 0 Å². The topological polar surface area (TPSA) is 70.1 Å². The highest BCUT2D eigenvalue weighted by Crippen LogP contribution is 2.39. The normalized spacial score (nSPS) is 17.9. The van der Waals surface area contributed by atoms with Crippen molar-refractivity contribution in [2.24, 2.45) is 0 Å². The first kappa shape index (κ1) is 23.5. The molecular weight excluding hydrogens is 404 g/mol. The third-order valence-electron chi connectivity index (χ3n) is 5.81. The fourth-order valence-electron chi connectivity index (χ4n) is 3.96. The van der Waals surface area contributed by atoms with Crippen LogP contribution in [0.5, 0.6) is 5.75 Å². The molecule has 2 aromatic rings. The Labute approximate surface area is 190 Å². The number of nitrogens with zero attached hydrogens (tertiary/aromatic N) is 2. The van der Waals surface area contributed by atoms with Crippen LogP contribution in [0.25, 0.3) is 5.76 Å². The average Bonchev–Trinajstić information content (AvgIpc) is 3.08. The number of amides is 1. The maximum Gasteiger partial charge on any atom is 0.295 e. The van der Waals surface area contributed by atoms with Crippen LogP contribution in [0.15, 0.2) is 60.2 Å². The van der Waals surface area contributed by atoms with E-state index >= 15 is 0 Å². The number of benzene rings is 2. The van der Waals surface area contributed by atoms with Gasteiger partial charge in [-0.25, -0.2) is 0 Å². The number of Topliss-reactive ketones (excluding diaryl/α,β-unsaturated/α-hetero) is 1. The summed E-state index contributed by atoms with van der Waals surface area (Å²) < 4.78 is 5.68. The van der Waals surface area contributed by atoms with Crippen LogP contribution in [0, 0.1) is 0 Å². The van der Waals surface area contributed by atoms with E-state index in [2.05, 4.69) is 18.7 Å². The van der Waals surface area contributed by atoms with Crippen LogP contribution in [0.2, 0.25) is 0 Å². The summed E-state index contributed by atoms with van der Waals surface area (Å²) in [6.45, 7) is 9.57. The lowest BCUT2D eigenvalue weighted by Gasteiger charge is -2.28. The van der Waals surface area contributed by atoms with E-state index in [0.717, 1.165) is 30.8 Å². The van der Waals surface area contributed by atoms with Gasteiger partial charge in [-0.3, -0.25) is 9.59 Å². The molecule has 1 aliphatic heterocycles. The molecule has 0 radical (unpaired) electrons. The van der Waals surface area contributed by atoms with Gasteiger partial charge >= 0.3 is 0 Å². The summed E-state index contributed by atoms with van der Waals surface area (Å²) in [5.41, 5.74) is 1.41. The first-order valence-corrected chi connectivity index (χ1v) is 11.3. The molecule has 1 atom stereocenters. The van der Waals surface area contributed by atoms with Crippen molar-refractivity contribution < 1.29 is 19.4 Å². The van der Waals surface area contributed by atoms with E-state index in [-0.39, 0.29) is 11.3 Å². The molecule has 0 aliphatic carbocycles. The first-order valence-electron chi connectivity index (χ1n) is 11.3. The standard InChI is InChI=1S/C26H32N2O4/c1-4-18-32-21-14-12-19(13-15-21)23-22(24(29)20-10-8-7-9-11-20)25(30)26(31)28(23)17-16-27(5-2)6-3/h7-15,23,29H,4-6,16-18H2,1-3H3/t23-/m1/s1. The van der Waals surface area contributed by atoms with Gasteiger partial charge in [0.1, 0.15) is 11.5 Å². The van der Waals surface area contributed by atoms with Crippen molar-refractivity contribution in [3.63, 3.8) is 0 Å². The lowest BCUT2D eigenvalue weighted by molar-refractivity contribution is -0.140. The molecule has 0 bridgehead atoms. The van der Waals surface area contributed by atoms with Crippen LogP contribution in [0.4, 0.5) is 0 Å². The van der Waals surface area contributed by atoms with Gasteiger partial charge in [0.05, 0.1) is 18.2 Å². The molecule has 1 N–H and O–H groups in total. The number of likely N-dealkylation sites (N-methyl/N-ethyl adjacent to an activating group) is 1. The van der Waals surface area contributed by atoms with Gasteiger partial charge in [-0.2, -0.15) is 0 Å². The number of carbonyl (C=O) groups excluding carboxylic acids is 2. The monoisotopic (exact) mass is 436 g/mol. The molecule has 170 valence electrons. The number of carbonyl (C=O) groups is 2. The molecule has 0 unspecified atom stereocenters. The summed E-state index contributed by atoms with van der Waals surface area (Å²) in [5.74, 6) is -0.641. The van der Waals surface area contributed by atoms with Crippen molar-refractivity contribution >= 4 is 17.4 Å². The third-order valence-corrected chi connectivity index (χ3v) is 5.81. The van der Waals surface area contributed by atoms with E-state index < -0.39 is 17.7 Å². The molecule has 2 aromatic carbocycles. The molecule has 1 saturated heterocycles. The Morgan fingerprint density at radius 1 is 1.00 bits per heavy atom. The molecule has 0 saturated carbocycles. The average molecular weight is 437 g/mol. The predicted molar refractivity (Wildman–Crippen MR) is 125 cm³/mol. The lowest BCUT2D eigenvalue weighted by Crippen LogP contribution is -2.38. The Morgan fingerprint density at radius 2 is 1.66 bits per heavy atom. The number of ketones is 1. The number of aliphatic hydroxyl groups is 1. The van der Waals surface area contributed by atoms with Crippen LogP contribution in [0.3, 0.4) is 0 Å². The predicted octanol–water partition coefficient (Wildman–Crippen LogP) is 4.24. The second-order valence-electron chi connectivity index (χ2n) is 7.80. The Balaban J connectivity index is 2.03. The Morgan fingerprint density at radius 3 is 2.25 bits per heavy atom. The van der Waals surface area contributed by atoms with E-state index in [9.17, 15) is 14.7 Å². The quantitative estimate of drug-likeness (QED) is 0.343. The molecule has 3 rings (SSSR count). The fourth-order valence-corrected chi connectivity index (χ4v) is 3.96. The van der Waals surface area contributed by atoms with E-state index in [1.165, 1.54) is 0 Å². The number of likely N-dealkylation sites (tertiary alicyclic amines) is 1. The van der Waals surface area contributed by atoms with Gasteiger partial charge in [0.25, 0.3) is 11.7 Å². The first-order chi connectivity index (χ1) is 15.5. The summed E-state index contributed by atoms with van der Waals surface area (Å²) in [6.07, 6.45) is 0.907. The maximum atomic E-state index is 13.1. The SMILES string of the molecule is CCCOc1ccc([C@@H]2C(=C(O)c3ccccc3)C(=O)C(=O)N2CCN(CC)CC)cc1. The fraction of sp³-hybridized carbons (Fsp3) is 0.385. The van der Waals surface area contributed by atoms with Crippen LogP contribution in [0.1, 0.15) is 44.4 Å². The summed E-state index contributed by atoms with van der Waals surface area (Å²) in [4.78, 5) is 29.9. The number of hydrogen-bond acceptors (Lipinski definition) is 5. The Bertz CT molecular complexity index is 950. The van der Waals surface area contributed by atoms with Crippen LogP contribution in [-0.4, -0.2) is 59.4 Å².